The molecule has 1 aromatic rings. The zero-order valence-corrected chi connectivity index (χ0v) is 12.6. The number of anilines is 3. The van der Waals surface area contributed by atoms with Gasteiger partial charge in [-0.15, -0.1) is 0 Å². The molecule has 0 radical (unpaired) electrons. The monoisotopic (exact) mass is 266 g/mol. The molecule has 0 amide bonds. The minimum atomic E-state index is 0.280. The molecule has 108 valence electrons. The number of hydrogen-bond acceptors (Lipinski definition) is 6. The van der Waals surface area contributed by atoms with Crippen molar-refractivity contribution in [3.05, 3.63) is 6.07 Å². The van der Waals surface area contributed by atoms with Gasteiger partial charge in [-0.1, -0.05) is 13.8 Å². The standard InChI is InChI=1S/C13H26N6/c1-9(2)6-10(8-19(4)5)16-12-7-11(15-3)17-13(14)18-12/h7,9-10H,6,8H2,1-5H3,(H4,14,15,16,17,18). The molecule has 1 aromatic heterocycles. The second-order valence-electron chi connectivity index (χ2n) is 5.48. The van der Waals surface area contributed by atoms with Gasteiger partial charge in [0, 0.05) is 25.7 Å². The van der Waals surface area contributed by atoms with Gasteiger partial charge in [0.2, 0.25) is 5.95 Å². The van der Waals surface area contributed by atoms with Gasteiger partial charge < -0.3 is 21.3 Å². The predicted octanol–water partition coefficient (Wildman–Crippen LogP) is 1.49. The molecule has 0 fully saturated rings. The van der Waals surface area contributed by atoms with Crippen LogP contribution in [0.25, 0.3) is 0 Å². The number of nitrogen functional groups attached to an aromatic ring is 1. The molecule has 0 aliphatic rings. The van der Waals surface area contributed by atoms with Crippen LogP contribution in [0.4, 0.5) is 17.6 Å². The lowest BCUT2D eigenvalue weighted by molar-refractivity contribution is 0.356. The van der Waals surface area contributed by atoms with Crippen molar-refractivity contribution in [1.29, 1.82) is 0 Å². The van der Waals surface area contributed by atoms with Crippen molar-refractivity contribution in [1.82, 2.24) is 14.9 Å². The lowest BCUT2D eigenvalue weighted by Gasteiger charge is -2.24. The van der Waals surface area contributed by atoms with E-state index in [4.69, 9.17) is 5.73 Å². The Hall–Kier alpha value is -1.56. The lowest BCUT2D eigenvalue weighted by Crippen LogP contribution is -2.33. The third-order valence-electron chi connectivity index (χ3n) is 2.69. The molecule has 19 heavy (non-hydrogen) atoms. The van der Waals surface area contributed by atoms with Gasteiger partial charge in [0.15, 0.2) is 0 Å². The van der Waals surface area contributed by atoms with Gasteiger partial charge in [0.1, 0.15) is 11.6 Å². The molecule has 0 saturated heterocycles. The predicted molar refractivity (Wildman–Crippen MR) is 81.4 cm³/mol. The average molecular weight is 266 g/mol. The lowest BCUT2D eigenvalue weighted by atomic mass is 10.0. The maximum Gasteiger partial charge on any atom is 0.223 e. The fourth-order valence-electron chi connectivity index (χ4n) is 2.07. The van der Waals surface area contributed by atoms with Crippen LogP contribution < -0.4 is 16.4 Å². The summed E-state index contributed by atoms with van der Waals surface area (Å²) in [7, 11) is 5.96. The van der Waals surface area contributed by atoms with Gasteiger partial charge in [-0.25, -0.2) is 0 Å². The van der Waals surface area contributed by atoms with E-state index < -0.39 is 0 Å². The molecule has 0 saturated carbocycles. The Labute approximate surface area is 115 Å². The zero-order chi connectivity index (χ0) is 14.4. The van der Waals surface area contributed by atoms with E-state index >= 15 is 0 Å². The Kier molecular flexibility index (Phi) is 5.82. The Balaban J connectivity index is 2.79. The van der Waals surface area contributed by atoms with E-state index in [9.17, 15) is 0 Å². The summed E-state index contributed by atoms with van der Waals surface area (Å²) in [6.45, 7) is 5.40. The molecule has 6 nitrogen and oxygen atoms in total. The van der Waals surface area contributed by atoms with Gasteiger partial charge in [0.25, 0.3) is 0 Å². The van der Waals surface area contributed by atoms with E-state index in [0.717, 1.165) is 24.6 Å². The molecule has 1 heterocycles. The SMILES string of the molecule is CNc1cc(NC(CC(C)C)CN(C)C)nc(N)n1. The summed E-state index contributed by atoms with van der Waals surface area (Å²) in [5.41, 5.74) is 5.70. The Morgan fingerprint density at radius 1 is 1.26 bits per heavy atom. The molecular weight excluding hydrogens is 240 g/mol. The number of rotatable bonds is 7. The van der Waals surface area contributed by atoms with Crippen molar-refractivity contribution in [3.8, 4) is 0 Å². The molecule has 0 bridgehead atoms. The Morgan fingerprint density at radius 3 is 2.42 bits per heavy atom. The van der Waals surface area contributed by atoms with Crippen molar-refractivity contribution in [2.24, 2.45) is 5.92 Å². The minimum Gasteiger partial charge on any atom is -0.373 e. The highest BCUT2D eigenvalue weighted by Crippen LogP contribution is 2.16. The fourth-order valence-corrected chi connectivity index (χ4v) is 2.07. The van der Waals surface area contributed by atoms with Crippen molar-refractivity contribution in [2.75, 3.05) is 44.1 Å². The van der Waals surface area contributed by atoms with E-state index in [-0.39, 0.29) is 5.95 Å². The zero-order valence-electron chi connectivity index (χ0n) is 12.6. The third kappa shape index (κ3) is 5.74. The van der Waals surface area contributed by atoms with Crippen LogP contribution in [0.5, 0.6) is 0 Å². The van der Waals surface area contributed by atoms with Crippen LogP contribution >= 0.6 is 0 Å². The molecule has 0 aliphatic heterocycles. The Bertz CT molecular complexity index is 381. The molecule has 0 aliphatic carbocycles. The first kappa shape index (κ1) is 15.5. The average Bonchev–Trinajstić information content (AvgIpc) is 2.26. The van der Waals surface area contributed by atoms with E-state index in [1.807, 2.05) is 13.1 Å². The van der Waals surface area contributed by atoms with Gasteiger partial charge in [-0.2, -0.15) is 9.97 Å². The second-order valence-corrected chi connectivity index (χ2v) is 5.48. The molecular formula is C13H26N6. The molecule has 1 rings (SSSR count). The molecule has 4 N–H and O–H groups in total. The summed E-state index contributed by atoms with van der Waals surface area (Å²) in [6, 6.07) is 2.22. The van der Waals surface area contributed by atoms with E-state index in [1.54, 1.807) is 0 Å². The summed E-state index contributed by atoms with van der Waals surface area (Å²) in [5, 5.41) is 6.43. The number of nitrogens with one attached hydrogen (secondary N) is 2. The number of hydrogen-bond donors (Lipinski definition) is 3. The largest absolute Gasteiger partial charge is 0.373 e. The number of likely N-dealkylation sites (N-methyl/N-ethyl adjacent to an activating group) is 1. The third-order valence-corrected chi connectivity index (χ3v) is 2.69. The molecule has 1 unspecified atom stereocenters. The van der Waals surface area contributed by atoms with Gasteiger partial charge in [-0.3, -0.25) is 0 Å². The first-order valence-electron chi connectivity index (χ1n) is 6.64. The Morgan fingerprint density at radius 2 is 1.89 bits per heavy atom. The summed E-state index contributed by atoms with van der Waals surface area (Å²) in [5.74, 6) is 2.40. The number of nitrogens with two attached hydrogens (primary N) is 1. The van der Waals surface area contributed by atoms with Gasteiger partial charge in [0.05, 0.1) is 0 Å². The van der Waals surface area contributed by atoms with Crippen LogP contribution in [0.3, 0.4) is 0 Å². The van der Waals surface area contributed by atoms with E-state index in [2.05, 4.69) is 53.4 Å². The quantitative estimate of drug-likeness (QED) is 0.694. The number of nitrogens with zero attached hydrogens (tertiary/aromatic N) is 3. The van der Waals surface area contributed by atoms with Crippen LogP contribution in [-0.2, 0) is 0 Å². The minimum absolute atomic E-state index is 0.280. The summed E-state index contributed by atoms with van der Waals surface area (Å²) in [4.78, 5) is 10.5. The molecule has 1 atom stereocenters. The molecule has 0 aromatic carbocycles. The maximum atomic E-state index is 5.70. The van der Waals surface area contributed by atoms with E-state index in [1.165, 1.54) is 0 Å². The van der Waals surface area contributed by atoms with E-state index in [0.29, 0.717) is 12.0 Å². The summed E-state index contributed by atoms with van der Waals surface area (Å²) in [6.07, 6.45) is 1.08. The van der Waals surface area contributed by atoms with Crippen molar-refractivity contribution in [3.63, 3.8) is 0 Å². The van der Waals surface area contributed by atoms with Crippen LogP contribution in [-0.4, -0.2) is 48.6 Å². The highest BCUT2D eigenvalue weighted by atomic mass is 15.2. The summed E-state index contributed by atoms with van der Waals surface area (Å²) < 4.78 is 0. The highest BCUT2D eigenvalue weighted by Gasteiger charge is 2.13. The van der Waals surface area contributed by atoms with Gasteiger partial charge in [-0.05, 0) is 26.4 Å². The number of aromatic nitrogens is 2. The van der Waals surface area contributed by atoms with Crippen molar-refractivity contribution >= 4 is 17.6 Å². The smallest absolute Gasteiger partial charge is 0.223 e. The first-order valence-corrected chi connectivity index (χ1v) is 6.64. The molecule has 6 heteroatoms. The summed E-state index contributed by atoms with van der Waals surface area (Å²) >= 11 is 0. The van der Waals surface area contributed by atoms with Crippen LogP contribution in [0.2, 0.25) is 0 Å². The van der Waals surface area contributed by atoms with Crippen LogP contribution in [0, 0.1) is 5.92 Å². The highest BCUT2D eigenvalue weighted by molar-refractivity contribution is 5.51. The maximum absolute atomic E-state index is 5.70. The molecule has 0 spiro atoms. The first-order chi connectivity index (χ1) is 8.90. The second kappa shape index (κ2) is 7.13. The van der Waals surface area contributed by atoms with Crippen LogP contribution in [0.1, 0.15) is 20.3 Å². The van der Waals surface area contributed by atoms with Crippen molar-refractivity contribution < 1.29 is 0 Å². The van der Waals surface area contributed by atoms with Crippen LogP contribution in [0.15, 0.2) is 6.07 Å². The van der Waals surface area contributed by atoms with Crippen molar-refractivity contribution in [2.45, 2.75) is 26.3 Å². The van der Waals surface area contributed by atoms with Gasteiger partial charge >= 0.3 is 0 Å². The normalized spacial score (nSPS) is 12.8. The fraction of sp³-hybridized carbons (Fsp3) is 0.692. The topological polar surface area (TPSA) is 79.1 Å².